The molecule has 0 fully saturated rings. The third-order valence-electron chi connectivity index (χ3n) is 3.69. The van der Waals surface area contributed by atoms with E-state index >= 15 is 0 Å². The van der Waals surface area contributed by atoms with Crippen molar-refractivity contribution in [1.82, 2.24) is 0 Å². The van der Waals surface area contributed by atoms with Crippen LogP contribution in [0.1, 0.15) is 52.0 Å². The van der Waals surface area contributed by atoms with Crippen molar-refractivity contribution in [3.8, 4) is 0 Å². The highest BCUT2D eigenvalue weighted by Crippen LogP contribution is 2.22. The third-order valence-corrected chi connectivity index (χ3v) is 3.69. The SMILES string of the molecule is CC(C)c1ccc(NCCCC(C)(C)C(N)=NO)cc1. The molecule has 0 saturated carbocycles. The molecule has 4 heteroatoms. The van der Waals surface area contributed by atoms with E-state index in [2.05, 4.69) is 48.6 Å². The van der Waals surface area contributed by atoms with E-state index in [0.29, 0.717) is 11.8 Å². The molecule has 0 bridgehead atoms. The lowest BCUT2D eigenvalue weighted by atomic mass is 9.86. The van der Waals surface area contributed by atoms with Crippen molar-refractivity contribution >= 4 is 11.5 Å². The Morgan fingerprint density at radius 2 is 1.90 bits per heavy atom. The van der Waals surface area contributed by atoms with Gasteiger partial charge in [0.2, 0.25) is 0 Å². The second-order valence-corrected chi connectivity index (χ2v) is 6.18. The Morgan fingerprint density at radius 3 is 2.40 bits per heavy atom. The van der Waals surface area contributed by atoms with Gasteiger partial charge in [-0.25, -0.2) is 0 Å². The van der Waals surface area contributed by atoms with Crippen LogP contribution in [0.25, 0.3) is 0 Å². The minimum atomic E-state index is -0.266. The van der Waals surface area contributed by atoms with Crippen LogP contribution in [0, 0.1) is 5.41 Å². The molecule has 0 saturated heterocycles. The van der Waals surface area contributed by atoms with Crippen molar-refractivity contribution in [3.63, 3.8) is 0 Å². The van der Waals surface area contributed by atoms with Gasteiger partial charge >= 0.3 is 0 Å². The summed E-state index contributed by atoms with van der Waals surface area (Å²) in [4.78, 5) is 0. The Balaban J connectivity index is 2.38. The molecule has 0 aromatic heterocycles. The van der Waals surface area contributed by atoms with Crippen LogP contribution in [0.15, 0.2) is 29.4 Å². The minimum absolute atomic E-state index is 0.266. The van der Waals surface area contributed by atoms with Crippen molar-refractivity contribution in [2.45, 2.75) is 46.5 Å². The number of nitrogens with one attached hydrogen (secondary N) is 1. The molecule has 20 heavy (non-hydrogen) atoms. The predicted molar refractivity (Wildman–Crippen MR) is 85.4 cm³/mol. The molecule has 0 amide bonds. The quantitative estimate of drug-likeness (QED) is 0.233. The lowest BCUT2D eigenvalue weighted by Crippen LogP contribution is -2.32. The van der Waals surface area contributed by atoms with Crippen LogP contribution in [0.2, 0.25) is 0 Å². The smallest absolute Gasteiger partial charge is 0.144 e. The van der Waals surface area contributed by atoms with Gasteiger partial charge in [-0.15, -0.1) is 0 Å². The van der Waals surface area contributed by atoms with E-state index in [1.165, 1.54) is 5.56 Å². The van der Waals surface area contributed by atoms with Crippen molar-refractivity contribution in [3.05, 3.63) is 29.8 Å². The minimum Gasteiger partial charge on any atom is -0.409 e. The summed E-state index contributed by atoms with van der Waals surface area (Å²) in [6.45, 7) is 9.23. The number of rotatable bonds is 7. The molecule has 0 unspecified atom stereocenters. The molecule has 1 aromatic carbocycles. The van der Waals surface area contributed by atoms with Gasteiger partial charge in [0.05, 0.1) is 0 Å². The molecule has 0 aliphatic rings. The molecular weight excluding hydrogens is 250 g/mol. The Hall–Kier alpha value is -1.71. The third kappa shape index (κ3) is 4.76. The Morgan fingerprint density at radius 1 is 1.30 bits per heavy atom. The van der Waals surface area contributed by atoms with Crippen molar-refractivity contribution in [1.29, 1.82) is 0 Å². The first-order valence-corrected chi connectivity index (χ1v) is 7.18. The summed E-state index contributed by atoms with van der Waals surface area (Å²) in [5, 5.41) is 15.2. The predicted octanol–water partition coefficient (Wildman–Crippen LogP) is 3.77. The number of nitrogens with zero attached hydrogens (tertiary/aromatic N) is 1. The van der Waals surface area contributed by atoms with Gasteiger partial charge in [-0.1, -0.05) is 45.0 Å². The summed E-state index contributed by atoms with van der Waals surface area (Å²) in [5.74, 6) is 0.851. The highest BCUT2D eigenvalue weighted by molar-refractivity contribution is 5.85. The zero-order valence-electron chi connectivity index (χ0n) is 13.0. The van der Waals surface area contributed by atoms with Gasteiger partial charge in [0.1, 0.15) is 5.84 Å². The van der Waals surface area contributed by atoms with Gasteiger partial charge in [0, 0.05) is 17.6 Å². The molecule has 0 radical (unpaired) electrons. The van der Waals surface area contributed by atoms with E-state index in [-0.39, 0.29) is 5.41 Å². The van der Waals surface area contributed by atoms with E-state index in [0.717, 1.165) is 25.1 Å². The Labute approximate surface area is 122 Å². The average Bonchev–Trinajstić information content (AvgIpc) is 2.43. The normalized spacial score (nSPS) is 12.8. The highest BCUT2D eigenvalue weighted by Gasteiger charge is 2.22. The van der Waals surface area contributed by atoms with Gasteiger partial charge in [-0.2, -0.15) is 0 Å². The number of hydrogen-bond acceptors (Lipinski definition) is 3. The molecule has 0 spiro atoms. The van der Waals surface area contributed by atoms with Crippen molar-refractivity contribution in [2.24, 2.45) is 16.3 Å². The van der Waals surface area contributed by atoms with Gasteiger partial charge in [-0.3, -0.25) is 0 Å². The summed E-state index contributed by atoms with van der Waals surface area (Å²) in [5.41, 5.74) is 7.89. The van der Waals surface area contributed by atoms with Gasteiger partial charge in [0.15, 0.2) is 0 Å². The van der Waals surface area contributed by atoms with Crippen molar-refractivity contribution < 1.29 is 5.21 Å². The molecule has 0 heterocycles. The maximum absolute atomic E-state index is 8.72. The standard InChI is InChI=1S/C16H27N3O/c1-12(2)13-6-8-14(9-7-13)18-11-5-10-16(3,4)15(17)19-20/h6-9,12,18,20H,5,10-11H2,1-4H3,(H2,17,19). The molecular formula is C16H27N3O. The van der Waals surface area contributed by atoms with Crippen molar-refractivity contribution in [2.75, 3.05) is 11.9 Å². The number of anilines is 1. The second kappa shape index (κ2) is 7.17. The molecule has 1 aromatic rings. The maximum Gasteiger partial charge on any atom is 0.144 e. The van der Waals surface area contributed by atoms with Crippen LogP contribution in [0.4, 0.5) is 5.69 Å². The molecule has 0 aliphatic heterocycles. The van der Waals surface area contributed by atoms with E-state index in [4.69, 9.17) is 10.9 Å². The van der Waals surface area contributed by atoms with E-state index in [1.54, 1.807) is 0 Å². The summed E-state index contributed by atoms with van der Waals surface area (Å²) >= 11 is 0. The van der Waals surface area contributed by atoms with Crippen LogP contribution < -0.4 is 11.1 Å². The van der Waals surface area contributed by atoms with Gasteiger partial charge in [-0.05, 0) is 36.5 Å². The van der Waals surface area contributed by atoms with Crippen LogP contribution in [0.5, 0.6) is 0 Å². The maximum atomic E-state index is 8.72. The van der Waals surface area contributed by atoms with Gasteiger partial charge in [0.25, 0.3) is 0 Å². The first-order chi connectivity index (χ1) is 9.36. The van der Waals surface area contributed by atoms with E-state index in [9.17, 15) is 0 Å². The molecule has 0 atom stereocenters. The Kier molecular flexibility index (Phi) is 5.86. The molecule has 4 nitrogen and oxygen atoms in total. The van der Waals surface area contributed by atoms with E-state index < -0.39 is 0 Å². The zero-order chi connectivity index (χ0) is 15.2. The summed E-state index contributed by atoms with van der Waals surface area (Å²) in [6.07, 6.45) is 1.84. The molecule has 4 N–H and O–H groups in total. The van der Waals surface area contributed by atoms with E-state index in [1.807, 2.05) is 13.8 Å². The monoisotopic (exact) mass is 277 g/mol. The first-order valence-electron chi connectivity index (χ1n) is 7.18. The van der Waals surface area contributed by atoms with Crippen LogP contribution in [-0.2, 0) is 0 Å². The topological polar surface area (TPSA) is 70.6 Å². The fraction of sp³-hybridized carbons (Fsp3) is 0.562. The number of benzene rings is 1. The van der Waals surface area contributed by atoms with Crippen LogP contribution in [-0.4, -0.2) is 17.6 Å². The Bertz CT molecular complexity index is 436. The molecule has 1 rings (SSSR count). The lowest BCUT2D eigenvalue weighted by Gasteiger charge is -2.22. The fourth-order valence-electron chi connectivity index (χ4n) is 2.01. The summed E-state index contributed by atoms with van der Waals surface area (Å²) in [7, 11) is 0. The summed E-state index contributed by atoms with van der Waals surface area (Å²) in [6, 6.07) is 8.55. The average molecular weight is 277 g/mol. The fourth-order valence-corrected chi connectivity index (χ4v) is 2.01. The highest BCUT2D eigenvalue weighted by atomic mass is 16.4. The molecule has 0 aliphatic carbocycles. The zero-order valence-corrected chi connectivity index (χ0v) is 13.0. The number of oxime groups is 1. The second-order valence-electron chi connectivity index (χ2n) is 6.18. The summed E-state index contributed by atoms with van der Waals surface area (Å²) < 4.78 is 0. The van der Waals surface area contributed by atoms with Crippen LogP contribution in [0.3, 0.4) is 0 Å². The van der Waals surface area contributed by atoms with Crippen LogP contribution >= 0.6 is 0 Å². The number of hydrogen-bond donors (Lipinski definition) is 3. The first kappa shape index (κ1) is 16.3. The number of amidine groups is 1. The lowest BCUT2D eigenvalue weighted by molar-refractivity contribution is 0.305. The molecule has 112 valence electrons. The largest absolute Gasteiger partial charge is 0.409 e. The number of nitrogens with two attached hydrogens (primary N) is 1. The van der Waals surface area contributed by atoms with Gasteiger partial charge < -0.3 is 16.3 Å².